The molecule has 0 unspecified atom stereocenters. The normalized spacial score (nSPS) is 11.3. The van der Waals surface area contributed by atoms with E-state index in [0.29, 0.717) is 39.4 Å². The van der Waals surface area contributed by atoms with Gasteiger partial charge in [0, 0.05) is 6.92 Å². The Bertz CT molecular complexity index is 1530. The molecular formula is C23H18N4O4. The number of nitrogens with one attached hydrogen (secondary N) is 1. The van der Waals surface area contributed by atoms with Gasteiger partial charge in [0.1, 0.15) is 17.0 Å². The monoisotopic (exact) mass is 414 g/mol. The predicted molar refractivity (Wildman–Crippen MR) is 116 cm³/mol. The Morgan fingerprint density at radius 3 is 2.55 bits per heavy atom. The van der Waals surface area contributed by atoms with Gasteiger partial charge in [0.05, 0.1) is 18.4 Å². The molecule has 0 atom stereocenters. The van der Waals surface area contributed by atoms with E-state index in [1.807, 2.05) is 30.3 Å². The molecule has 0 aliphatic rings. The van der Waals surface area contributed by atoms with E-state index in [1.165, 1.54) is 11.4 Å². The van der Waals surface area contributed by atoms with Crippen LogP contribution in [0.25, 0.3) is 39.3 Å². The van der Waals surface area contributed by atoms with Gasteiger partial charge < -0.3 is 9.15 Å². The van der Waals surface area contributed by atoms with Gasteiger partial charge in [-0.1, -0.05) is 36.4 Å². The largest absolute Gasteiger partial charge is 0.494 e. The zero-order valence-corrected chi connectivity index (χ0v) is 17.1. The summed E-state index contributed by atoms with van der Waals surface area (Å²) in [5.41, 5.74) is 3.33. The van der Waals surface area contributed by atoms with Crippen LogP contribution in [0.2, 0.25) is 0 Å². The molecule has 8 heteroatoms. The van der Waals surface area contributed by atoms with Crippen LogP contribution in [0.5, 0.6) is 5.75 Å². The number of carbonyl (C=O) groups is 1. The first-order valence-electron chi connectivity index (χ1n) is 9.65. The topological polar surface area (TPSA) is 102 Å². The van der Waals surface area contributed by atoms with Crippen molar-refractivity contribution in [3.05, 3.63) is 70.3 Å². The SMILES string of the molecule is COc1cccc2oc(-c3c(C)nc4c(-c5ccccc5)c(C(C)=O)[nH]n4c3=O)nc12. The van der Waals surface area contributed by atoms with Crippen molar-refractivity contribution in [3.8, 4) is 28.3 Å². The number of fused-ring (bicyclic) bond motifs is 2. The van der Waals surface area contributed by atoms with Gasteiger partial charge in [-0.15, -0.1) is 0 Å². The first-order chi connectivity index (χ1) is 15.0. The average molecular weight is 414 g/mol. The zero-order chi connectivity index (χ0) is 21.7. The van der Waals surface area contributed by atoms with E-state index in [9.17, 15) is 9.59 Å². The summed E-state index contributed by atoms with van der Waals surface area (Å²) >= 11 is 0. The van der Waals surface area contributed by atoms with E-state index in [1.54, 1.807) is 32.2 Å². The van der Waals surface area contributed by atoms with Gasteiger partial charge in [-0.2, -0.15) is 4.52 Å². The second-order valence-electron chi connectivity index (χ2n) is 7.15. The fraction of sp³-hybridized carbons (Fsp3) is 0.130. The van der Waals surface area contributed by atoms with Crippen LogP contribution in [0.1, 0.15) is 23.1 Å². The molecule has 0 bridgehead atoms. The van der Waals surface area contributed by atoms with E-state index < -0.39 is 5.56 Å². The van der Waals surface area contributed by atoms with Crippen molar-refractivity contribution in [2.45, 2.75) is 13.8 Å². The van der Waals surface area contributed by atoms with Crippen LogP contribution in [0.15, 0.2) is 57.7 Å². The minimum Gasteiger partial charge on any atom is -0.494 e. The number of ketones is 1. The van der Waals surface area contributed by atoms with Gasteiger partial charge in [-0.3, -0.25) is 14.7 Å². The molecule has 0 fully saturated rings. The van der Waals surface area contributed by atoms with E-state index in [-0.39, 0.29) is 17.2 Å². The van der Waals surface area contributed by atoms with Gasteiger partial charge >= 0.3 is 0 Å². The lowest BCUT2D eigenvalue weighted by atomic mass is 10.0. The maximum atomic E-state index is 13.4. The molecule has 1 N–H and O–H groups in total. The first kappa shape index (κ1) is 18.8. The molecule has 0 aliphatic carbocycles. The van der Waals surface area contributed by atoms with Crippen LogP contribution in [0.3, 0.4) is 0 Å². The summed E-state index contributed by atoms with van der Waals surface area (Å²) in [5.74, 6) is 0.489. The van der Waals surface area contributed by atoms with Crippen molar-refractivity contribution < 1.29 is 13.9 Å². The number of carbonyl (C=O) groups excluding carboxylic acids is 1. The number of hydrogen-bond acceptors (Lipinski definition) is 6. The molecule has 8 nitrogen and oxygen atoms in total. The van der Waals surface area contributed by atoms with Crippen molar-refractivity contribution in [2.75, 3.05) is 7.11 Å². The minimum atomic E-state index is -0.405. The molecular weight excluding hydrogens is 396 g/mol. The number of ether oxygens (including phenoxy) is 1. The lowest BCUT2D eigenvalue weighted by molar-refractivity contribution is 0.101. The Labute approximate surface area is 176 Å². The third-order valence-electron chi connectivity index (χ3n) is 5.19. The van der Waals surface area contributed by atoms with Crippen LogP contribution in [0, 0.1) is 6.92 Å². The van der Waals surface area contributed by atoms with E-state index in [0.717, 1.165) is 5.56 Å². The second kappa shape index (κ2) is 6.94. The Kier molecular flexibility index (Phi) is 4.21. The highest BCUT2D eigenvalue weighted by atomic mass is 16.5. The van der Waals surface area contributed by atoms with Crippen LogP contribution < -0.4 is 10.3 Å². The third kappa shape index (κ3) is 2.83. The second-order valence-corrected chi connectivity index (χ2v) is 7.15. The quantitative estimate of drug-likeness (QED) is 0.446. The number of aromatic amines is 1. The highest BCUT2D eigenvalue weighted by Crippen LogP contribution is 2.31. The maximum absolute atomic E-state index is 13.4. The molecule has 2 aromatic carbocycles. The summed E-state index contributed by atoms with van der Waals surface area (Å²) in [4.78, 5) is 34.9. The molecule has 31 heavy (non-hydrogen) atoms. The smallest absolute Gasteiger partial charge is 0.285 e. The summed E-state index contributed by atoms with van der Waals surface area (Å²) in [5, 5.41) is 2.92. The van der Waals surface area contributed by atoms with E-state index in [2.05, 4.69) is 15.1 Å². The molecule has 3 aromatic heterocycles. The molecule has 3 heterocycles. The van der Waals surface area contributed by atoms with Gasteiger partial charge in [-0.05, 0) is 24.6 Å². The number of rotatable bonds is 4. The number of nitrogens with zero attached hydrogens (tertiary/aromatic N) is 3. The van der Waals surface area contributed by atoms with Crippen LogP contribution in [-0.4, -0.2) is 32.5 Å². The fourth-order valence-electron chi connectivity index (χ4n) is 3.75. The van der Waals surface area contributed by atoms with Crippen LogP contribution in [0.4, 0.5) is 0 Å². The molecule has 0 radical (unpaired) electrons. The summed E-state index contributed by atoms with van der Waals surface area (Å²) in [7, 11) is 1.55. The molecule has 0 saturated carbocycles. The van der Waals surface area contributed by atoms with Crippen LogP contribution >= 0.6 is 0 Å². The summed E-state index contributed by atoms with van der Waals surface area (Å²) in [6.45, 7) is 3.17. The average Bonchev–Trinajstić information content (AvgIpc) is 3.36. The van der Waals surface area contributed by atoms with Crippen molar-refractivity contribution in [1.29, 1.82) is 0 Å². The predicted octanol–water partition coefficient (Wildman–Crippen LogP) is 4.02. The minimum absolute atomic E-state index is 0.143. The number of benzene rings is 2. The molecule has 5 aromatic rings. The Morgan fingerprint density at radius 1 is 1.06 bits per heavy atom. The maximum Gasteiger partial charge on any atom is 0.285 e. The molecule has 154 valence electrons. The molecule has 5 rings (SSSR count). The van der Waals surface area contributed by atoms with Crippen molar-refractivity contribution >= 4 is 22.5 Å². The number of aromatic nitrogens is 4. The Balaban J connectivity index is 1.82. The molecule has 0 spiro atoms. The summed E-state index contributed by atoms with van der Waals surface area (Å²) < 4.78 is 12.5. The molecule has 0 amide bonds. The summed E-state index contributed by atoms with van der Waals surface area (Å²) in [6.07, 6.45) is 0. The molecule has 0 saturated heterocycles. The third-order valence-corrected chi connectivity index (χ3v) is 5.19. The van der Waals surface area contributed by atoms with Gasteiger partial charge in [0.15, 0.2) is 22.5 Å². The van der Waals surface area contributed by atoms with Crippen molar-refractivity contribution in [1.82, 2.24) is 19.6 Å². The number of Topliss-reactive ketones (excluding diaryl/α,β-unsaturated/α-hetero) is 1. The lowest BCUT2D eigenvalue weighted by Gasteiger charge is -2.04. The standard InChI is InChI=1S/C23H18N4O4/c1-12-17(22-25-20-15(30-3)10-7-11-16(20)31-22)23(29)27-21(24-12)18(19(26-27)13(2)28)14-8-5-4-6-9-14/h4-11,26H,1-3H3. The first-order valence-corrected chi connectivity index (χ1v) is 9.65. The van der Waals surface area contributed by atoms with Gasteiger partial charge in [-0.25, -0.2) is 9.97 Å². The van der Waals surface area contributed by atoms with Gasteiger partial charge in [0.25, 0.3) is 5.56 Å². The number of hydrogen-bond donors (Lipinski definition) is 1. The van der Waals surface area contributed by atoms with Gasteiger partial charge in [0.2, 0.25) is 5.89 Å². The number of para-hydroxylation sites is 1. The number of aryl methyl sites for hydroxylation is 1. The highest BCUT2D eigenvalue weighted by Gasteiger charge is 2.24. The number of methoxy groups -OCH3 is 1. The van der Waals surface area contributed by atoms with E-state index in [4.69, 9.17) is 9.15 Å². The Hall–Kier alpha value is -4.20. The van der Waals surface area contributed by atoms with E-state index >= 15 is 0 Å². The molecule has 0 aliphatic heterocycles. The number of oxazole rings is 1. The summed E-state index contributed by atoms with van der Waals surface area (Å²) in [6, 6.07) is 14.7. The fourth-order valence-corrected chi connectivity index (χ4v) is 3.75. The zero-order valence-electron chi connectivity index (χ0n) is 17.1. The Morgan fingerprint density at radius 2 is 1.84 bits per heavy atom. The van der Waals surface area contributed by atoms with Crippen molar-refractivity contribution in [2.24, 2.45) is 0 Å². The van der Waals surface area contributed by atoms with Crippen LogP contribution in [-0.2, 0) is 0 Å². The van der Waals surface area contributed by atoms with Crippen molar-refractivity contribution in [3.63, 3.8) is 0 Å². The lowest BCUT2D eigenvalue weighted by Crippen LogP contribution is -2.19. The highest BCUT2D eigenvalue weighted by molar-refractivity contribution is 6.02. The number of H-pyrrole nitrogens is 1.